The number of benzene rings is 2. The summed E-state index contributed by atoms with van der Waals surface area (Å²) in [5.74, 6) is 0.279. The third-order valence-corrected chi connectivity index (χ3v) is 5.54. The van der Waals surface area contributed by atoms with Crippen molar-refractivity contribution < 1.29 is 19.4 Å². The topological polar surface area (TPSA) is 80.2 Å². The summed E-state index contributed by atoms with van der Waals surface area (Å²) >= 11 is 12.5. The molecule has 0 aromatic heterocycles. The minimum atomic E-state index is -0.451. The van der Waals surface area contributed by atoms with Gasteiger partial charge >= 0.3 is 0 Å². The molecule has 1 amide bonds. The van der Waals surface area contributed by atoms with Crippen molar-refractivity contribution in [2.24, 2.45) is 5.10 Å². The van der Waals surface area contributed by atoms with Gasteiger partial charge in [-0.25, -0.2) is 5.43 Å². The number of phenolic OH excluding ortho intramolecular Hbond substituents is 1. The van der Waals surface area contributed by atoms with Crippen molar-refractivity contribution in [2.75, 3.05) is 13.7 Å². The van der Waals surface area contributed by atoms with Crippen LogP contribution in [0.2, 0.25) is 5.02 Å². The zero-order chi connectivity index (χ0) is 19.3. The fraction of sp³-hybridized carbons (Fsp3) is 0.176. The number of nitrogens with one attached hydrogen (secondary N) is 1. The minimum Gasteiger partial charge on any atom is -0.504 e. The summed E-state index contributed by atoms with van der Waals surface area (Å²) in [4.78, 5) is 11.9. The molecule has 0 bridgehead atoms. The van der Waals surface area contributed by atoms with E-state index >= 15 is 0 Å². The molecule has 6 nitrogen and oxygen atoms in total. The first kappa shape index (κ1) is 20.5. The minimum absolute atomic E-state index is 0.103. The molecule has 26 heavy (non-hydrogen) atoms. The summed E-state index contributed by atoms with van der Waals surface area (Å²) in [6, 6.07) is 6.73. The smallest absolute Gasteiger partial charge is 0.277 e. The number of methoxy groups -OCH3 is 1. The average Bonchev–Trinajstić information content (AvgIpc) is 2.60. The van der Waals surface area contributed by atoms with Crippen LogP contribution in [0.3, 0.4) is 0 Å². The van der Waals surface area contributed by atoms with Crippen LogP contribution in [0, 0.1) is 6.92 Å². The first-order valence-electron chi connectivity index (χ1n) is 7.29. The average molecular weight is 507 g/mol. The van der Waals surface area contributed by atoms with Crippen molar-refractivity contribution in [1.82, 2.24) is 5.43 Å². The Morgan fingerprint density at radius 2 is 2.08 bits per heavy atom. The Labute approximate surface area is 172 Å². The molecule has 0 atom stereocenters. The quantitative estimate of drug-likeness (QED) is 0.449. The summed E-state index contributed by atoms with van der Waals surface area (Å²) in [6.45, 7) is 1.62. The number of hydrazone groups is 1. The zero-order valence-corrected chi connectivity index (χ0v) is 17.8. The predicted octanol–water partition coefficient (Wildman–Crippen LogP) is 4.42. The maximum Gasteiger partial charge on any atom is 0.277 e. The first-order chi connectivity index (χ1) is 12.3. The molecule has 0 saturated carbocycles. The Morgan fingerprint density at radius 1 is 1.35 bits per heavy atom. The van der Waals surface area contributed by atoms with Crippen LogP contribution < -0.4 is 14.9 Å². The van der Waals surface area contributed by atoms with Gasteiger partial charge < -0.3 is 14.6 Å². The summed E-state index contributed by atoms with van der Waals surface area (Å²) < 4.78 is 11.7. The largest absolute Gasteiger partial charge is 0.504 e. The lowest BCUT2D eigenvalue weighted by Crippen LogP contribution is -2.24. The van der Waals surface area contributed by atoms with Gasteiger partial charge in [0.1, 0.15) is 5.75 Å². The number of ether oxygens (including phenoxy) is 2. The molecule has 0 aliphatic carbocycles. The van der Waals surface area contributed by atoms with E-state index in [1.165, 1.54) is 13.3 Å². The number of halogens is 3. The van der Waals surface area contributed by atoms with E-state index < -0.39 is 5.91 Å². The molecule has 2 rings (SSSR count). The highest BCUT2D eigenvalue weighted by Gasteiger charge is 2.14. The van der Waals surface area contributed by atoms with Gasteiger partial charge in [-0.1, -0.05) is 11.6 Å². The summed E-state index contributed by atoms with van der Waals surface area (Å²) in [5, 5.41) is 14.6. The molecule has 138 valence electrons. The van der Waals surface area contributed by atoms with Gasteiger partial charge in [0.15, 0.2) is 18.1 Å². The van der Waals surface area contributed by atoms with E-state index in [1.807, 2.05) is 6.92 Å². The Bertz CT molecular complexity index is 859. The number of nitrogens with zero attached hydrogens (tertiary/aromatic N) is 1. The van der Waals surface area contributed by atoms with Gasteiger partial charge in [0.25, 0.3) is 5.91 Å². The highest BCUT2D eigenvalue weighted by Crippen LogP contribution is 2.39. The second kappa shape index (κ2) is 9.25. The monoisotopic (exact) mass is 504 g/mol. The summed E-state index contributed by atoms with van der Waals surface area (Å²) in [6.07, 6.45) is 1.30. The van der Waals surface area contributed by atoms with Crippen LogP contribution in [-0.4, -0.2) is 30.9 Å². The highest BCUT2D eigenvalue weighted by molar-refractivity contribution is 9.13. The molecule has 0 radical (unpaired) electrons. The number of rotatable bonds is 6. The lowest BCUT2D eigenvalue weighted by Gasteiger charge is -2.10. The van der Waals surface area contributed by atoms with E-state index in [4.69, 9.17) is 21.1 Å². The summed E-state index contributed by atoms with van der Waals surface area (Å²) in [7, 11) is 1.44. The van der Waals surface area contributed by atoms with Crippen LogP contribution in [0.5, 0.6) is 17.2 Å². The molecule has 0 aliphatic heterocycles. The molecule has 0 unspecified atom stereocenters. The Morgan fingerprint density at radius 3 is 2.73 bits per heavy atom. The lowest BCUT2D eigenvalue weighted by atomic mass is 10.2. The first-order valence-corrected chi connectivity index (χ1v) is 9.25. The Kier molecular flexibility index (Phi) is 7.31. The second-order valence-electron chi connectivity index (χ2n) is 5.13. The number of amides is 1. The van der Waals surface area contributed by atoms with Gasteiger partial charge in [0.2, 0.25) is 0 Å². The third kappa shape index (κ3) is 5.12. The van der Waals surface area contributed by atoms with E-state index in [-0.39, 0.29) is 18.1 Å². The normalized spacial score (nSPS) is 10.8. The zero-order valence-electron chi connectivity index (χ0n) is 13.8. The number of hydrogen-bond donors (Lipinski definition) is 2. The van der Waals surface area contributed by atoms with Gasteiger partial charge in [-0.3, -0.25) is 4.79 Å². The molecular formula is C17H15Br2ClN2O4. The van der Waals surface area contributed by atoms with Crippen molar-refractivity contribution in [3.63, 3.8) is 0 Å². The lowest BCUT2D eigenvalue weighted by molar-refractivity contribution is -0.123. The second-order valence-corrected chi connectivity index (χ2v) is 7.21. The maximum atomic E-state index is 11.9. The van der Waals surface area contributed by atoms with E-state index in [9.17, 15) is 9.90 Å². The number of phenols is 1. The van der Waals surface area contributed by atoms with Crippen LogP contribution in [0.4, 0.5) is 0 Å². The van der Waals surface area contributed by atoms with Crippen LogP contribution in [0.1, 0.15) is 11.1 Å². The van der Waals surface area contributed by atoms with Crippen LogP contribution >= 0.6 is 43.5 Å². The molecule has 0 spiro atoms. The molecule has 0 fully saturated rings. The van der Waals surface area contributed by atoms with E-state index in [1.54, 1.807) is 24.3 Å². The van der Waals surface area contributed by atoms with Crippen molar-refractivity contribution in [2.45, 2.75) is 6.92 Å². The SMILES string of the molecule is COc1cc(Br)c(Br)c(/C=N/NC(=O)COc2ccc(Cl)cc2C)c1O. The van der Waals surface area contributed by atoms with Gasteiger partial charge in [0, 0.05) is 14.0 Å². The van der Waals surface area contributed by atoms with E-state index in [0.29, 0.717) is 25.3 Å². The molecule has 2 N–H and O–H groups in total. The van der Waals surface area contributed by atoms with Gasteiger partial charge in [-0.15, -0.1) is 0 Å². The van der Waals surface area contributed by atoms with E-state index in [2.05, 4.69) is 42.4 Å². The molecule has 2 aromatic rings. The number of carbonyl (C=O) groups excluding carboxylic acids is 1. The molecular weight excluding hydrogens is 491 g/mol. The van der Waals surface area contributed by atoms with Crippen molar-refractivity contribution in [3.8, 4) is 17.2 Å². The van der Waals surface area contributed by atoms with Crippen molar-refractivity contribution in [1.29, 1.82) is 0 Å². The Hall–Kier alpha value is -1.77. The van der Waals surface area contributed by atoms with Crippen LogP contribution in [0.25, 0.3) is 0 Å². The standard InChI is InChI=1S/C17H15Br2ClN2O4/c1-9-5-10(20)3-4-13(9)26-8-15(23)22-21-7-11-16(19)12(18)6-14(25-2)17(11)24/h3-7,24H,8H2,1-2H3,(H,22,23)/b21-7+. The fourth-order valence-electron chi connectivity index (χ4n) is 2.00. The van der Waals surface area contributed by atoms with Gasteiger partial charge in [0.05, 0.1) is 18.9 Å². The van der Waals surface area contributed by atoms with Crippen LogP contribution in [0.15, 0.2) is 38.3 Å². The summed E-state index contributed by atoms with van der Waals surface area (Å²) in [5.41, 5.74) is 3.51. The molecule has 2 aromatic carbocycles. The number of hydrogen-bond acceptors (Lipinski definition) is 5. The fourth-order valence-corrected chi connectivity index (χ4v) is 3.06. The number of aryl methyl sites for hydroxylation is 1. The van der Waals surface area contributed by atoms with Gasteiger partial charge in [-0.05, 0) is 68.6 Å². The predicted molar refractivity (Wildman–Crippen MR) is 107 cm³/mol. The highest BCUT2D eigenvalue weighted by atomic mass is 79.9. The molecule has 0 saturated heterocycles. The molecule has 9 heteroatoms. The van der Waals surface area contributed by atoms with Crippen molar-refractivity contribution >= 4 is 55.6 Å². The molecule has 0 aliphatic rings. The third-order valence-electron chi connectivity index (χ3n) is 3.29. The molecule has 0 heterocycles. The number of carbonyl (C=O) groups is 1. The van der Waals surface area contributed by atoms with E-state index in [0.717, 1.165) is 5.56 Å². The van der Waals surface area contributed by atoms with Crippen LogP contribution in [-0.2, 0) is 4.79 Å². The number of aromatic hydroxyl groups is 1. The Balaban J connectivity index is 2.00. The van der Waals surface area contributed by atoms with Gasteiger partial charge in [-0.2, -0.15) is 5.10 Å². The maximum absolute atomic E-state index is 11.9. The van der Waals surface area contributed by atoms with Crippen molar-refractivity contribution in [3.05, 3.63) is 49.4 Å².